The minimum absolute atomic E-state index is 0.234. The van der Waals surface area contributed by atoms with E-state index >= 15 is 0 Å². The number of nitrogens with zero attached hydrogens (tertiary/aromatic N) is 1. The lowest BCUT2D eigenvalue weighted by Gasteiger charge is -2.21. The first kappa shape index (κ1) is 13.4. The van der Waals surface area contributed by atoms with E-state index in [1.165, 1.54) is 6.07 Å². The first-order valence-corrected chi connectivity index (χ1v) is 6.97. The number of hydrogen-bond acceptors (Lipinski definition) is 2. The summed E-state index contributed by atoms with van der Waals surface area (Å²) < 4.78 is 13.4. The summed E-state index contributed by atoms with van der Waals surface area (Å²) >= 11 is 6.20. The highest BCUT2D eigenvalue weighted by atomic mass is 35.5. The fourth-order valence-electron chi connectivity index (χ4n) is 2.64. The fraction of sp³-hybridized carbons (Fsp3) is 0.250. The van der Waals surface area contributed by atoms with Crippen LogP contribution in [-0.4, -0.2) is 11.7 Å². The summed E-state index contributed by atoms with van der Waals surface area (Å²) in [5.74, 6) is -0.234. The zero-order valence-corrected chi connectivity index (χ0v) is 11.9. The van der Waals surface area contributed by atoms with E-state index in [-0.39, 0.29) is 5.82 Å². The number of fused-ring (bicyclic) bond motifs is 1. The number of anilines is 2. The Bertz CT molecular complexity index is 657. The Kier molecular flexibility index (Phi) is 3.40. The zero-order chi connectivity index (χ0) is 14.3. The maximum Gasteiger partial charge on any atom is 0.125 e. The van der Waals surface area contributed by atoms with Gasteiger partial charge in [-0.25, -0.2) is 4.39 Å². The van der Waals surface area contributed by atoms with E-state index in [0.29, 0.717) is 10.6 Å². The first-order valence-electron chi connectivity index (χ1n) is 6.60. The van der Waals surface area contributed by atoms with E-state index in [2.05, 4.69) is 4.90 Å². The number of rotatable bonds is 2. The van der Waals surface area contributed by atoms with Crippen LogP contribution in [0.2, 0.25) is 5.02 Å². The second-order valence-electron chi connectivity index (χ2n) is 5.06. The molecule has 2 nitrogen and oxygen atoms in total. The third kappa shape index (κ3) is 2.28. The quantitative estimate of drug-likeness (QED) is 0.895. The van der Waals surface area contributed by atoms with Crippen molar-refractivity contribution in [2.24, 2.45) is 0 Å². The Morgan fingerprint density at radius 2 is 2.05 bits per heavy atom. The van der Waals surface area contributed by atoms with Gasteiger partial charge >= 0.3 is 0 Å². The van der Waals surface area contributed by atoms with Crippen molar-refractivity contribution >= 4 is 23.0 Å². The molecule has 2 aromatic rings. The normalized spacial score (nSPS) is 15.3. The average Bonchev–Trinajstić information content (AvgIpc) is 2.81. The van der Waals surface area contributed by atoms with E-state index in [1.54, 1.807) is 13.0 Å². The third-order valence-electron chi connectivity index (χ3n) is 3.69. The molecule has 1 aliphatic rings. The summed E-state index contributed by atoms with van der Waals surface area (Å²) in [5.41, 5.74) is 3.66. The Morgan fingerprint density at radius 1 is 1.25 bits per heavy atom. The number of benzene rings is 2. The molecule has 4 heteroatoms. The molecule has 1 N–H and O–H groups in total. The van der Waals surface area contributed by atoms with Gasteiger partial charge in [0.15, 0.2) is 0 Å². The molecule has 1 atom stereocenters. The molecule has 0 aromatic heterocycles. The molecule has 1 unspecified atom stereocenters. The minimum atomic E-state index is -0.597. The predicted octanol–water partition coefficient (Wildman–Crippen LogP) is 4.23. The molecule has 3 rings (SSSR count). The van der Waals surface area contributed by atoms with Crippen LogP contribution in [-0.2, 0) is 6.42 Å². The van der Waals surface area contributed by atoms with Crippen molar-refractivity contribution in [2.75, 3.05) is 11.4 Å². The number of aliphatic hydroxyl groups excluding tert-OH is 1. The highest BCUT2D eigenvalue weighted by Crippen LogP contribution is 2.37. The smallest absolute Gasteiger partial charge is 0.125 e. The van der Waals surface area contributed by atoms with Crippen LogP contribution in [0.1, 0.15) is 24.2 Å². The van der Waals surface area contributed by atoms with E-state index in [1.807, 2.05) is 24.3 Å². The standard InChI is InChI=1S/C16H15ClFNO/c1-10(20)14-5-4-13(9-15(14)17)19-7-6-11-2-3-12(18)8-16(11)19/h2-5,8-10,20H,6-7H2,1H3. The Balaban J connectivity index is 2.00. The van der Waals surface area contributed by atoms with Crippen LogP contribution in [0, 0.1) is 5.82 Å². The molecule has 0 fully saturated rings. The van der Waals surface area contributed by atoms with Crippen LogP contribution >= 0.6 is 11.6 Å². The second-order valence-corrected chi connectivity index (χ2v) is 5.46. The van der Waals surface area contributed by atoms with Crippen molar-refractivity contribution in [3.63, 3.8) is 0 Å². The number of aliphatic hydroxyl groups is 1. The van der Waals surface area contributed by atoms with Crippen molar-refractivity contribution in [3.05, 3.63) is 58.4 Å². The molecular formula is C16H15ClFNO. The van der Waals surface area contributed by atoms with E-state index in [9.17, 15) is 9.50 Å². The lowest BCUT2D eigenvalue weighted by molar-refractivity contribution is 0.199. The van der Waals surface area contributed by atoms with E-state index in [0.717, 1.165) is 29.9 Å². The summed E-state index contributed by atoms with van der Waals surface area (Å²) in [4.78, 5) is 2.05. The fourth-order valence-corrected chi connectivity index (χ4v) is 2.98. The van der Waals surface area contributed by atoms with Crippen molar-refractivity contribution in [1.29, 1.82) is 0 Å². The molecule has 0 saturated carbocycles. The van der Waals surface area contributed by atoms with Gasteiger partial charge < -0.3 is 10.0 Å². The topological polar surface area (TPSA) is 23.5 Å². The Morgan fingerprint density at radius 3 is 2.75 bits per heavy atom. The van der Waals surface area contributed by atoms with Gasteiger partial charge in [-0.3, -0.25) is 0 Å². The molecule has 0 radical (unpaired) electrons. The summed E-state index contributed by atoms with van der Waals surface area (Å²) in [6.07, 6.45) is 0.297. The van der Waals surface area contributed by atoms with Gasteiger partial charge in [0.2, 0.25) is 0 Å². The second kappa shape index (κ2) is 5.08. The van der Waals surface area contributed by atoms with Gasteiger partial charge in [-0.05, 0) is 48.7 Å². The summed E-state index contributed by atoms with van der Waals surface area (Å²) in [6.45, 7) is 2.49. The van der Waals surface area contributed by atoms with Crippen LogP contribution in [0.3, 0.4) is 0 Å². The summed E-state index contributed by atoms with van der Waals surface area (Å²) in [5, 5.41) is 10.1. The van der Waals surface area contributed by atoms with Crippen LogP contribution in [0.25, 0.3) is 0 Å². The van der Waals surface area contributed by atoms with Crippen LogP contribution < -0.4 is 4.90 Å². The molecule has 104 valence electrons. The predicted molar refractivity (Wildman–Crippen MR) is 79.2 cm³/mol. The van der Waals surface area contributed by atoms with Gasteiger partial charge in [0.25, 0.3) is 0 Å². The van der Waals surface area contributed by atoms with Gasteiger partial charge in [0.1, 0.15) is 5.82 Å². The monoisotopic (exact) mass is 291 g/mol. The SMILES string of the molecule is CC(O)c1ccc(N2CCc3ccc(F)cc32)cc1Cl. The van der Waals surface area contributed by atoms with Crippen LogP contribution in [0.5, 0.6) is 0 Å². The molecular weight excluding hydrogens is 277 g/mol. The van der Waals surface area contributed by atoms with Gasteiger partial charge in [0.05, 0.1) is 6.10 Å². The molecule has 0 spiro atoms. The van der Waals surface area contributed by atoms with E-state index in [4.69, 9.17) is 11.6 Å². The van der Waals surface area contributed by atoms with Crippen molar-refractivity contribution in [2.45, 2.75) is 19.4 Å². The lowest BCUT2D eigenvalue weighted by Crippen LogP contribution is -2.13. The molecule has 0 aliphatic carbocycles. The largest absolute Gasteiger partial charge is 0.389 e. The summed E-state index contributed by atoms with van der Waals surface area (Å²) in [6, 6.07) is 10.4. The highest BCUT2D eigenvalue weighted by Gasteiger charge is 2.21. The zero-order valence-electron chi connectivity index (χ0n) is 11.1. The van der Waals surface area contributed by atoms with E-state index < -0.39 is 6.10 Å². The van der Waals surface area contributed by atoms with Gasteiger partial charge in [-0.2, -0.15) is 0 Å². The number of hydrogen-bond donors (Lipinski definition) is 1. The molecule has 0 saturated heterocycles. The molecule has 0 amide bonds. The van der Waals surface area contributed by atoms with Crippen LogP contribution in [0.4, 0.5) is 15.8 Å². The maximum absolute atomic E-state index is 13.4. The minimum Gasteiger partial charge on any atom is -0.389 e. The first-order chi connectivity index (χ1) is 9.56. The maximum atomic E-state index is 13.4. The van der Waals surface area contributed by atoms with Crippen molar-refractivity contribution in [1.82, 2.24) is 0 Å². The molecule has 1 heterocycles. The van der Waals surface area contributed by atoms with Gasteiger partial charge in [-0.1, -0.05) is 23.7 Å². The Labute approximate surface area is 122 Å². The highest BCUT2D eigenvalue weighted by molar-refractivity contribution is 6.31. The molecule has 20 heavy (non-hydrogen) atoms. The molecule has 2 aromatic carbocycles. The molecule has 1 aliphatic heterocycles. The molecule has 0 bridgehead atoms. The average molecular weight is 292 g/mol. The Hall–Kier alpha value is -1.58. The summed E-state index contributed by atoms with van der Waals surface area (Å²) in [7, 11) is 0. The van der Waals surface area contributed by atoms with Gasteiger partial charge in [-0.15, -0.1) is 0 Å². The number of halogens is 2. The van der Waals surface area contributed by atoms with Crippen molar-refractivity contribution in [3.8, 4) is 0 Å². The van der Waals surface area contributed by atoms with Gasteiger partial charge in [0, 0.05) is 22.9 Å². The van der Waals surface area contributed by atoms with Crippen LogP contribution in [0.15, 0.2) is 36.4 Å². The van der Waals surface area contributed by atoms with Crippen molar-refractivity contribution < 1.29 is 9.50 Å². The lowest BCUT2D eigenvalue weighted by atomic mass is 10.1. The third-order valence-corrected chi connectivity index (χ3v) is 4.02.